The maximum absolute atomic E-state index is 12.6. The zero-order valence-corrected chi connectivity index (χ0v) is 16.2. The number of rotatable bonds is 5. The largest absolute Gasteiger partial charge is 0.485 e. The standard InChI is InChI=1S/C21H21N3O5/c1-3-24-12-22-9-14(24)10-23-20(25)19-13(2)8-17(29-21(19)26)18-11-27-15-6-4-5-7-16(15)28-18/h4-9,12,18H,3,10-11H2,1-2H3,(H,23,25). The molecule has 150 valence electrons. The van der Waals surface area contributed by atoms with Gasteiger partial charge < -0.3 is 23.8 Å². The van der Waals surface area contributed by atoms with E-state index in [4.69, 9.17) is 13.9 Å². The number of fused-ring (bicyclic) bond motifs is 1. The van der Waals surface area contributed by atoms with Crippen LogP contribution in [0.3, 0.4) is 0 Å². The molecule has 1 aliphatic heterocycles. The number of para-hydroxylation sites is 2. The van der Waals surface area contributed by atoms with Gasteiger partial charge in [0, 0.05) is 12.7 Å². The second-order valence-electron chi connectivity index (χ2n) is 6.71. The SMILES string of the molecule is CCn1cncc1CNC(=O)c1c(C)cc(C2COc3ccccc3O2)oc1=O. The van der Waals surface area contributed by atoms with Crippen LogP contribution < -0.4 is 20.4 Å². The maximum atomic E-state index is 12.6. The molecule has 1 N–H and O–H groups in total. The third kappa shape index (κ3) is 3.73. The molecule has 29 heavy (non-hydrogen) atoms. The molecule has 3 heterocycles. The number of nitrogens with zero attached hydrogens (tertiary/aromatic N) is 2. The molecule has 1 aliphatic rings. The van der Waals surface area contributed by atoms with Gasteiger partial charge in [0.25, 0.3) is 5.91 Å². The van der Waals surface area contributed by atoms with Crippen molar-refractivity contribution in [3.63, 3.8) is 0 Å². The Balaban J connectivity index is 1.51. The zero-order chi connectivity index (χ0) is 20.4. The summed E-state index contributed by atoms with van der Waals surface area (Å²) in [6.45, 7) is 4.91. The number of carbonyl (C=O) groups excluding carboxylic acids is 1. The Labute approximate surface area is 167 Å². The van der Waals surface area contributed by atoms with Gasteiger partial charge in [0.15, 0.2) is 23.4 Å². The van der Waals surface area contributed by atoms with Crippen molar-refractivity contribution in [1.82, 2.24) is 14.9 Å². The van der Waals surface area contributed by atoms with E-state index in [-0.39, 0.29) is 18.7 Å². The summed E-state index contributed by atoms with van der Waals surface area (Å²) < 4.78 is 18.9. The second-order valence-corrected chi connectivity index (χ2v) is 6.71. The van der Waals surface area contributed by atoms with Gasteiger partial charge in [0.05, 0.1) is 18.6 Å². The molecule has 4 rings (SSSR count). The van der Waals surface area contributed by atoms with Crippen LogP contribution in [0.2, 0.25) is 0 Å². The van der Waals surface area contributed by atoms with E-state index in [0.717, 1.165) is 12.2 Å². The van der Waals surface area contributed by atoms with E-state index >= 15 is 0 Å². The molecule has 0 fully saturated rings. The number of aryl methyl sites for hydroxylation is 2. The summed E-state index contributed by atoms with van der Waals surface area (Å²) in [7, 11) is 0. The first-order valence-electron chi connectivity index (χ1n) is 9.37. The molecule has 8 nitrogen and oxygen atoms in total. The summed E-state index contributed by atoms with van der Waals surface area (Å²) in [5.41, 5.74) is 0.642. The molecule has 1 unspecified atom stereocenters. The number of aromatic nitrogens is 2. The van der Waals surface area contributed by atoms with Crippen LogP contribution in [0.15, 0.2) is 52.1 Å². The second kappa shape index (κ2) is 7.83. The van der Waals surface area contributed by atoms with E-state index in [1.807, 2.05) is 29.7 Å². The molecule has 1 aromatic carbocycles. The molecular weight excluding hydrogens is 374 g/mol. The molecule has 3 aromatic rings. The minimum absolute atomic E-state index is 0.0200. The van der Waals surface area contributed by atoms with Crippen molar-refractivity contribution in [3.05, 3.63) is 75.9 Å². The van der Waals surface area contributed by atoms with Gasteiger partial charge in [-0.25, -0.2) is 9.78 Å². The molecule has 0 spiro atoms. The van der Waals surface area contributed by atoms with Gasteiger partial charge in [-0.05, 0) is 37.6 Å². The Bertz CT molecular complexity index is 1100. The average Bonchev–Trinajstić information content (AvgIpc) is 3.19. The van der Waals surface area contributed by atoms with Gasteiger partial charge in [-0.2, -0.15) is 0 Å². The molecule has 0 saturated heterocycles. The van der Waals surface area contributed by atoms with E-state index < -0.39 is 17.6 Å². The highest BCUT2D eigenvalue weighted by atomic mass is 16.6. The third-order valence-electron chi connectivity index (χ3n) is 4.79. The highest BCUT2D eigenvalue weighted by molar-refractivity contribution is 5.95. The van der Waals surface area contributed by atoms with Crippen molar-refractivity contribution in [2.45, 2.75) is 33.0 Å². The number of imidazole rings is 1. The fraction of sp³-hybridized carbons (Fsp3) is 0.286. The van der Waals surface area contributed by atoms with Crippen LogP contribution >= 0.6 is 0 Å². The predicted octanol–water partition coefficient (Wildman–Crippen LogP) is 2.61. The Hall–Kier alpha value is -3.55. The maximum Gasteiger partial charge on any atom is 0.349 e. The number of carbonyl (C=O) groups is 1. The van der Waals surface area contributed by atoms with Crippen molar-refractivity contribution in [2.75, 3.05) is 6.61 Å². The van der Waals surface area contributed by atoms with Crippen LogP contribution in [0.25, 0.3) is 0 Å². The van der Waals surface area contributed by atoms with Gasteiger partial charge in [0.1, 0.15) is 12.2 Å². The van der Waals surface area contributed by atoms with Crippen LogP contribution in [0.5, 0.6) is 11.5 Å². The van der Waals surface area contributed by atoms with Gasteiger partial charge in [-0.15, -0.1) is 0 Å². The van der Waals surface area contributed by atoms with E-state index in [1.165, 1.54) is 0 Å². The smallest absolute Gasteiger partial charge is 0.349 e. The number of nitrogens with one attached hydrogen (secondary N) is 1. The average molecular weight is 395 g/mol. The number of ether oxygens (including phenoxy) is 2. The molecule has 1 atom stereocenters. The lowest BCUT2D eigenvalue weighted by atomic mass is 10.1. The van der Waals surface area contributed by atoms with Gasteiger partial charge >= 0.3 is 5.63 Å². The molecule has 0 radical (unpaired) electrons. The van der Waals surface area contributed by atoms with E-state index in [9.17, 15) is 9.59 Å². The molecule has 8 heteroatoms. The summed E-state index contributed by atoms with van der Waals surface area (Å²) in [5.74, 6) is 1.06. The Morgan fingerprint density at radius 3 is 2.86 bits per heavy atom. The van der Waals surface area contributed by atoms with E-state index in [1.54, 1.807) is 31.6 Å². The number of amides is 1. The van der Waals surface area contributed by atoms with Crippen molar-refractivity contribution in [1.29, 1.82) is 0 Å². The number of hydrogen-bond acceptors (Lipinski definition) is 6. The minimum atomic E-state index is -0.705. The fourth-order valence-corrected chi connectivity index (χ4v) is 3.26. The third-order valence-corrected chi connectivity index (χ3v) is 4.79. The Morgan fingerprint density at radius 2 is 2.10 bits per heavy atom. The highest BCUT2D eigenvalue weighted by Crippen LogP contribution is 2.35. The summed E-state index contributed by atoms with van der Waals surface area (Å²) in [5, 5.41) is 2.75. The quantitative estimate of drug-likeness (QED) is 0.714. The number of hydrogen-bond donors (Lipinski definition) is 1. The van der Waals surface area contributed by atoms with Crippen molar-refractivity contribution < 1.29 is 18.7 Å². The number of benzene rings is 1. The van der Waals surface area contributed by atoms with Gasteiger partial charge in [-0.1, -0.05) is 12.1 Å². The summed E-state index contributed by atoms with van der Waals surface area (Å²) >= 11 is 0. The van der Waals surface area contributed by atoms with Crippen LogP contribution in [0.4, 0.5) is 0 Å². The Morgan fingerprint density at radius 1 is 1.31 bits per heavy atom. The molecule has 0 saturated carbocycles. The van der Waals surface area contributed by atoms with E-state index in [0.29, 0.717) is 22.8 Å². The first-order valence-corrected chi connectivity index (χ1v) is 9.37. The minimum Gasteiger partial charge on any atom is -0.485 e. The van der Waals surface area contributed by atoms with E-state index in [2.05, 4.69) is 10.3 Å². The fourth-order valence-electron chi connectivity index (χ4n) is 3.26. The zero-order valence-electron chi connectivity index (χ0n) is 16.2. The lowest BCUT2D eigenvalue weighted by Crippen LogP contribution is -2.31. The van der Waals surface area contributed by atoms with Crippen LogP contribution in [0, 0.1) is 6.92 Å². The summed E-state index contributed by atoms with van der Waals surface area (Å²) in [6, 6.07) is 8.94. The summed E-state index contributed by atoms with van der Waals surface area (Å²) in [4.78, 5) is 29.2. The van der Waals surface area contributed by atoms with Crippen molar-refractivity contribution >= 4 is 5.91 Å². The monoisotopic (exact) mass is 395 g/mol. The van der Waals surface area contributed by atoms with Gasteiger partial charge in [-0.3, -0.25) is 4.79 Å². The van der Waals surface area contributed by atoms with Crippen LogP contribution in [-0.2, 0) is 13.1 Å². The molecule has 1 amide bonds. The van der Waals surface area contributed by atoms with Crippen LogP contribution in [-0.4, -0.2) is 22.1 Å². The lowest BCUT2D eigenvalue weighted by molar-refractivity contribution is 0.0721. The molecule has 0 bridgehead atoms. The first-order chi connectivity index (χ1) is 14.1. The molecule has 2 aromatic heterocycles. The van der Waals surface area contributed by atoms with Crippen molar-refractivity contribution in [2.24, 2.45) is 0 Å². The summed E-state index contributed by atoms with van der Waals surface area (Å²) in [6.07, 6.45) is 2.81. The predicted molar refractivity (Wildman–Crippen MR) is 104 cm³/mol. The molecular formula is C21H21N3O5. The first kappa shape index (κ1) is 18.8. The molecule has 0 aliphatic carbocycles. The highest BCUT2D eigenvalue weighted by Gasteiger charge is 2.27. The topological polar surface area (TPSA) is 95.6 Å². The van der Waals surface area contributed by atoms with Crippen molar-refractivity contribution in [3.8, 4) is 11.5 Å². The Kier molecular flexibility index (Phi) is 5.07. The normalized spacial score (nSPS) is 15.2. The lowest BCUT2D eigenvalue weighted by Gasteiger charge is -2.25. The van der Waals surface area contributed by atoms with Crippen LogP contribution in [0.1, 0.15) is 40.4 Å². The van der Waals surface area contributed by atoms with Gasteiger partial charge in [0.2, 0.25) is 0 Å².